The summed E-state index contributed by atoms with van der Waals surface area (Å²) in [4.78, 5) is 23.7. The Morgan fingerprint density at radius 1 is 1.43 bits per heavy atom. The zero-order chi connectivity index (χ0) is 15.7. The fourth-order valence-electron chi connectivity index (χ4n) is 2.31. The van der Waals surface area contributed by atoms with Gasteiger partial charge in [-0.2, -0.15) is 0 Å². The van der Waals surface area contributed by atoms with E-state index in [9.17, 15) is 23.7 Å². The van der Waals surface area contributed by atoms with E-state index in [0.717, 1.165) is 0 Å². The molecule has 2 atom stereocenters. The maximum Gasteiger partial charge on any atom is 0.285 e. The highest BCUT2D eigenvalue weighted by Crippen LogP contribution is 2.25. The van der Waals surface area contributed by atoms with E-state index in [-0.39, 0.29) is 18.5 Å². The lowest BCUT2D eigenvalue weighted by atomic mass is 9.94. The number of halogens is 2. The molecule has 2 rings (SSSR count). The number of benzene rings is 1. The molecule has 114 valence electrons. The van der Waals surface area contributed by atoms with Crippen LogP contribution in [-0.2, 0) is 0 Å². The van der Waals surface area contributed by atoms with Crippen molar-refractivity contribution in [2.24, 2.45) is 11.7 Å². The van der Waals surface area contributed by atoms with Crippen LogP contribution in [0.2, 0.25) is 0 Å². The Kier molecular flexibility index (Phi) is 4.17. The molecule has 1 aliphatic rings. The highest BCUT2D eigenvalue weighted by molar-refractivity contribution is 5.98. The van der Waals surface area contributed by atoms with Gasteiger partial charge in [0, 0.05) is 19.1 Å². The normalized spacial score (nSPS) is 22.2. The van der Waals surface area contributed by atoms with Crippen LogP contribution in [0.15, 0.2) is 12.1 Å². The van der Waals surface area contributed by atoms with Gasteiger partial charge in [0.1, 0.15) is 5.56 Å². The first-order chi connectivity index (χ1) is 9.81. The summed E-state index contributed by atoms with van der Waals surface area (Å²) in [5.41, 5.74) is 4.67. The molecule has 2 unspecified atom stereocenters. The first-order valence-electron chi connectivity index (χ1n) is 6.49. The largest absolute Gasteiger partial charge is 0.337 e. The molecule has 0 aromatic heterocycles. The third kappa shape index (κ3) is 2.99. The molecule has 1 aliphatic heterocycles. The van der Waals surface area contributed by atoms with Crippen LogP contribution in [-0.4, -0.2) is 34.9 Å². The van der Waals surface area contributed by atoms with Crippen molar-refractivity contribution in [3.8, 4) is 0 Å². The zero-order valence-corrected chi connectivity index (χ0v) is 11.4. The van der Waals surface area contributed by atoms with Gasteiger partial charge in [-0.1, -0.05) is 6.92 Å². The van der Waals surface area contributed by atoms with Gasteiger partial charge >= 0.3 is 0 Å². The Morgan fingerprint density at radius 2 is 2.05 bits per heavy atom. The van der Waals surface area contributed by atoms with E-state index in [1.807, 2.05) is 6.92 Å². The summed E-state index contributed by atoms with van der Waals surface area (Å²) in [6.45, 7) is 2.56. The Bertz CT molecular complexity index is 594. The first-order valence-corrected chi connectivity index (χ1v) is 6.49. The molecule has 8 heteroatoms. The summed E-state index contributed by atoms with van der Waals surface area (Å²) in [5, 5.41) is 10.9. The van der Waals surface area contributed by atoms with Crippen LogP contribution in [0.3, 0.4) is 0 Å². The van der Waals surface area contributed by atoms with Crippen molar-refractivity contribution in [1.29, 1.82) is 0 Å². The molecular weight excluding hydrogens is 284 g/mol. The predicted molar refractivity (Wildman–Crippen MR) is 70.7 cm³/mol. The van der Waals surface area contributed by atoms with E-state index >= 15 is 0 Å². The van der Waals surface area contributed by atoms with Crippen LogP contribution in [0, 0.1) is 27.7 Å². The molecule has 0 radical (unpaired) electrons. The standard InChI is InChI=1S/C13H15F2N3O3/c1-7-2-3-17(6-11(7)16)13(19)8-4-9(14)10(15)5-12(8)18(20)21/h4-5,7,11H,2-3,6,16H2,1H3. The lowest BCUT2D eigenvalue weighted by Crippen LogP contribution is -2.49. The highest BCUT2D eigenvalue weighted by atomic mass is 19.2. The number of hydrogen-bond donors (Lipinski definition) is 1. The smallest absolute Gasteiger partial charge is 0.285 e. The number of nitro groups is 1. The summed E-state index contributed by atoms with van der Waals surface area (Å²) < 4.78 is 26.4. The van der Waals surface area contributed by atoms with Crippen molar-refractivity contribution in [3.63, 3.8) is 0 Å². The number of nitro benzene ring substituents is 1. The second-order valence-electron chi connectivity index (χ2n) is 5.22. The molecule has 1 amide bonds. The van der Waals surface area contributed by atoms with E-state index in [2.05, 4.69) is 0 Å². The molecule has 0 saturated carbocycles. The van der Waals surface area contributed by atoms with Gasteiger partial charge in [-0.15, -0.1) is 0 Å². The number of piperidine rings is 1. The summed E-state index contributed by atoms with van der Waals surface area (Å²) in [5.74, 6) is -3.13. The van der Waals surface area contributed by atoms with Crippen molar-refractivity contribution in [1.82, 2.24) is 4.90 Å². The quantitative estimate of drug-likeness (QED) is 0.664. The average Bonchev–Trinajstić information content (AvgIpc) is 2.43. The molecule has 1 fully saturated rings. The number of likely N-dealkylation sites (tertiary alicyclic amines) is 1. The minimum absolute atomic E-state index is 0.231. The molecule has 1 saturated heterocycles. The fourth-order valence-corrected chi connectivity index (χ4v) is 2.31. The summed E-state index contributed by atoms with van der Waals surface area (Å²) >= 11 is 0. The zero-order valence-electron chi connectivity index (χ0n) is 11.4. The number of rotatable bonds is 2. The lowest BCUT2D eigenvalue weighted by molar-refractivity contribution is -0.385. The number of carbonyl (C=O) groups excluding carboxylic acids is 1. The second kappa shape index (κ2) is 5.72. The Balaban J connectivity index is 2.35. The van der Waals surface area contributed by atoms with Crippen molar-refractivity contribution in [3.05, 3.63) is 39.4 Å². The van der Waals surface area contributed by atoms with E-state index in [4.69, 9.17) is 5.73 Å². The number of carbonyl (C=O) groups is 1. The van der Waals surface area contributed by atoms with Crippen LogP contribution >= 0.6 is 0 Å². The molecule has 0 bridgehead atoms. The van der Waals surface area contributed by atoms with Gasteiger partial charge in [0.2, 0.25) is 0 Å². The van der Waals surface area contributed by atoms with Gasteiger partial charge in [-0.25, -0.2) is 8.78 Å². The van der Waals surface area contributed by atoms with Gasteiger partial charge in [0.15, 0.2) is 11.6 Å². The minimum Gasteiger partial charge on any atom is -0.337 e. The number of nitrogens with two attached hydrogens (primary N) is 1. The highest BCUT2D eigenvalue weighted by Gasteiger charge is 2.31. The molecular formula is C13H15F2N3O3. The van der Waals surface area contributed by atoms with Gasteiger partial charge in [0.25, 0.3) is 11.6 Å². The Labute approximate surface area is 119 Å². The summed E-state index contributed by atoms with van der Waals surface area (Å²) in [6.07, 6.45) is 0.657. The second-order valence-corrected chi connectivity index (χ2v) is 5.22. The third-order valence-electron chi connectivity index (χ3n) is 3.77. The minimum atomic E-state index is -1.36. The Hall–Kier alpha value is -2.09. The number of hydrogen-bond acceptors (Lipinski definition) is 4. The van der Waals surface area contributed by atoms with Crippen LogP contribution in [0.25, 0.3) is 0 Å². The third-order valence-corrected chi connectivity index (χ3v) is 3.77. The van der Waals surface area contributed by atoms with E-state index in [0.29, 0.717) is 25.1 Å². The van der Waals surface area contributed by atoms with Gasteiger partial charge < -0.3 is 10.6 Å². The maximum atomic E-state index is 13.3. The number of amides is 1. The molecule has 1 aromatic rings. The number of nitrogens with zero attached hydrogens (tertiary/aromatic N) is 2. The van der Waals surface area contributed by atoms with Gasteiger partial charge in [-0.3, -0.25) is 14.9 Å². The lowest BCUT2D eigenvalue weighted by Gasteiger charge is -2.35. The molecule has 1 aromatic carbocycles. The molecule has 0 aliphatic carbocycles. The first kappa shape index (κ1) is 15.3. The van der Waals surface area contributed by atoms with Crippen molar-refractivity contribution in [2.75, 3.05) is 13.1 Å². The van der Waals surface area contributed by atoms with Crippen LogP contribution < -0.4 is 5.73 Å². The fraction of sp³-hybridized carbons (Fsp3) is 0.462. The van der Waals surface area contributed by atoms with Crippen LogP contribution in [0.4, 0.5) is 14.5 Å². The van der Waals surface area contributed by atoms with Crippen molar-refractivity contribution >= 4 is 11.6 Å². The van der Waals surface area contributed by atoms with Crippen molar-refractivity contribution in [2.45, 2.75) is 19.4 Å². The van der Waals surface area contributed by atoms with Crippen molar-refractivity contribution < 1.29 is 18.5 Å². The monoisotopic (exact) mass is 299 g/mol. The Morgan fingerprint density at radius 3 is 2.62 bits per heavy atom. The van der Waals surface area contributed by atoms with E-state index in [1.54, 1.807) is 0 Å². The summed E-state index contributed by atoms with van der Waals surface area (Å²) in [7, 11) is 0. The van der Waals surface area contributed by atoms with Crippen LogP contribution in [0.1, 0.15) is 23.7 Å². The topological polar surface area (TPSA) is 89.5 Å². The van der Waals surface area contributed by atoms with E-state index < -0.39 is 33.7 Å². The molecule has 2 N–H and O–H groups in total. The van der Waals surface area contributed by atoms with Gasteiger partial charge in [-0.05, 0) is 18.4 Å². The molecule has 1 heterocycles. The van der Waals surface area contributed by atoms with Gasteiger partial charge in [0.05, 0.1) is 11.0 Å². The molecule has 6 nitrogen and oxygen atoms in total. The maximum absolute atomic E-state index is 13.3. The predicted octanol–water partition coefficient (Wildman–Crippen LogP) is 1.68. The van der Waals surface area contributed by atoms with Crippen LogP contribution in [0.5, 0.6) is 0 Å². The molecule has 21 heavy (non-hydrogen) atoms. The SMILES string of the molecule is CC1CCN(C(=O)c2cc(F)c(F)cc2[N+](=O)[O-])CC1N. The summed E-state index contributed by atoms with van der Waals surface area (Å²) in [6, 6.07) is 0.751. The molecule has 0 spiro atoms. The average molecular weight is 299 g/mol. The van der Waals surface area contributed by atoms with E-state index in [1.165, 1.54) is 4.90 Å².